The smallest absolute Gasteiger partial charge is 0.160 e. The average molecular weight is 477 g/mol. The van der Waals surface area contributed by atoms with E-state index < -0.39 is 0 Å². The van der Waals surface area contributed by atoms with Crippen LogP contribution >= 0.6 is 11.6 Å². The fourth-order valence-corrected chi connectivity index (χ4v) is 5.01. The molecule has 6 rings (SSSR count). The highest BCUT2D eigenvalue weighted by molar-refractivity contribution is 6.30. The van der Waals surface area contributed by atoms with Crippen molar-refractivity contribution in [3.63, 3.8) is 0 Å². The third-order valence-electron chi connectivity index (χ3n) is 7.10. The molecule has 0 bridgehead atoms. The zero-order valence-corrected chi connectivity index (χ0v) is 20.0. The second kappa shape index (κ2) is 8.43. The first-order chi connectivity index (χ1) is 16.5. The minimum atomic E-state index is -0.346. The van der Waals surface area contributed by atoms with Gasteiger partial charge in [-0.05, 0) is 81.0 Å². The predicted molar refractivity (Wildman–Crippen MR) is 131 cm³/mol. The minimum Gasteiger partial charge on any atom is -0.373 e. The molecule has 0 amide bonds. The van der Waals surface area contributed by atoms with Gasteiger partial charge in [-0.15, -0.1) is 0 Å². The van der Waals surface area contributed by atoms with E-state index in [2.05, 4.69) is 22.0 Å². The van der Waals surface area contributed by atoms with E-state index in [0.29, 0.717) is 28.9 Å². The van der Waals surface area contributed by atoms with Gasteiger partial charge in [0.05, 0.1) is 18.3 Å². The van der Waals surface area contributed by atoms with Crippen molar-refractivity contribution in [3.8, 4) is 11.1 Å². The summed E-state index contributed by atoms with van der Waals surface area (Å²) in [7, 11) is 0. The van der Waals surface area contributed by atoms with Gasteiger partial charge in [0.2, 0.25) is 0 Å². The molecule has 2 aliphatic rings. The molecule has 34 heavy (non-hydrogen) atoms. The first kappa shape index (κ1) is 21.7. The average Bonchev–Trinajstić information content (AvgIpc) is 3.56. The minimum absolute atomic E-state index is 0.0211. The van der Waals surface area contributed by atoms with E-state index >= 15 is 4.39 Å². The summed E-state index contributed by atoms with van der Waals surface area (Å²) in [5.74, 6) is -0.161. The van der Waals surface area contributed by atoms with Gasteiger partial charge in [-0.2, -0.15) is 5.10 Å². The van der Waals surface area contributed by atoms with Crippen LogP contribution < -0.4 is 0 Å². The molecule has 1 saturated heterocycles. The molecule has 3 aromatic heterocycles. The third kappa shape index (κ3) is 3.99. The Morgan fingerprint density at radius 2 is 1.91 bits per heavy atom. The van der Waals surface area contributed by atoms with Crippen LogP contribution in [-0.4, -0.2) is 26.4 Å². The fraction of sp³-hybridized carbons (Fsp3) is 0.370. The molecule has 1 aliphatic carbocycles. The van der Waals surface area contributed by atoms with E-state index in [9.17, 15) is 0 Å². The van der Waals surface area contributed by atoms with Crippen LogP contribution in [0.3, 0.4) is 0 Å². The Bertz CT molecular complexity index is 1400. The van der Waals surface area contributed by atoms with Crippen molar-refractivity contribution < 1.29 is 9.13 Å². The number of fused-ring (bicyclic) bond motifs is 1. The summed E-state index contributed by atoms with van der Waals surface area (Å²) in [4.78, 5) is 9.74. The predicted octanol–water partition coefficient (Wildman–Crippen LogP) is 6.87. The maximum absolute atomic E-state index is 15.0. The molecule has 7 heteroatoms. The van der Waals surface area contributed by atoms with Crippen LogP contribution in [0.4, 0.5) is 4.39 Å². The molecule has 0 unspecified atom stereocenters. The lowest BCUT2D eigenvalue weighted by atomic mass is 9.88. The Kier molecular flexibility index (Phi) is 5.38. The second-order valence-corrected chi connectivity index (χ2v) is 9.98. The monoisotopic (exact) mass is 476 g/mol. The van der Waals surface area contributed by atoms with Crippen molar-refractivity contribution in [3.05, 3.63) is 76.1 Å². The Hall–Kier alpha value is -2.83. The van der Waals surface area contributed by atoms with Crippen LogP contribution in [0, 0.1) is 19.7 Å². The fourth-order valence-electron chi connectivity index (χ4n) is 4.85. The number of ether oxygens (including phenoxy) is 1. The molecule has 0 spiro atoms. The molecule has 2 atom stereocenters. The zero-order valence-electron chi connectivity index (χ0n) is 19.3. The summed E-state index contributed by atoms with van der Waals surface area (Å²) in [6, 6.07) is 9.46. The SMILES string of the molecule is Cc1cc2c(-c3ccc(Cl)cc3F)cc([C@@H]3CCO[C@@H](c4cnn(C5CC5)c4)C3)nc2nc1C. The second-order valence-electron chi connectivity index (χ2n) is 9.55. The van der Waals surface area contributed by atoms with Gasteiger partial charge in [-0.3, -0.25) is 4.68 Å². The lowest BCUT2D eigenvalue weighted by Crippen LogP contribution is -2.19. The van der Waals surface area contributed by atoms with E-state index in [1.807, 2.05) is 26.1 Å². The van der Waals surface area contributed by atoms with Crippen molar-refractivity contribution >= 4 is 22.6 Å². The highest BCUT2D eigenvalue weighted by atomic mass is 35.5. The number of aromatic nitrogens is 4. The van der Waals surface area contributed by atoms with Crippen LogP contribution in [0.5, 0.6) is 0 Å². The molecule has 174 valence electrons. The highest BCUT2D eigenvalue weighted by Crippen LogP contribution is 2.41. The zero-order chi connectivity index (χ0) is 23.4. The Morgan fingerprint density at radius 1 is 1.06 bits per heavy atom. The summed E-state index contributed by atoms with van der Waals surface area (Å²) in [5.41, 5.74) is 5.98. The lowest BCUT2D eigenvalue weighted by Gasteiger charge is -2.29. The molecule has 5 nitrogen and oxygen atoms in total. The Labute approximate surface area is 202 Å². The van der Waals surface area contributed by atoms with Crippen molar-refractivity contribution in [1.82, 2.24) is 19.7 Å². The van der Waals surface area contributed by atoms with Gasteiger partial charge in [0, 0.05) is 51.6 Å². The van der Waals surface area contributed by atoms with Gasteiger partial charge in [-0.1, -0.05) is 11.6 Å². The summed E-state index contributed by atoms with van der Waals surface area (Å²) >= 11 is 6.04. The number of rotatable bonds is 4. The quantitative estimate of drug-likeness (QED) is 0.322. The molecular weight excluding hydrogens is 451 g/mol. The summed E-state index contributed by atoms with van der Waals surface area (Å²) in [6.45, 7) is 4.64. The van der Waals surface area contributed by atoms with E-state index in [-0.39, 0.29) is 17.8 Å². The van der Waals surface area contributed by atoms with Crippen LogP contribution in [0.15, 0.2) is 42.7 Å². The summed E-state index contributed by atoms with van der Waals surface area (Å²) in [6.07, 6.45) is 8.11. The third-order valence-corrected chi connectivity index (χ3v) is 7.34. The van der Waals surface area contributed by atoms with Gasteiger partial charge < -0.3 is 4.74 Å². The molecule has 2 fully saturated rings. The molecule has 1 aromatic carbocycles. The van der Waals surface area contributed by atoms with Crippen molar-refractivity contribution in [2.45, 2.75) is 57.6 Å². The number of hydrogen-bond donors (Lipinski definition) is 0. The van der Waals surface area contributed by atoms with E-state index in [4.69, 9.17) is 26.3 Å². The largest absolute Gasteiger partial charge is 0.373 e. The molecule has 0 N–H and O–H groups in total. The van der Waals surface area contributed by atoms with Gasteiger partial charge in [0.15, 0.2) is 5.65 Å². The molecule has 4 heterocycles. The Balaban J connectivity index is 1.41. The summed E-state index contributed by atoms with van der Waals surface area (Å²) in [5, 5.41) is 5.77. The van der Waals surface area contributed by atoms with Crippen LogP contribution in [0.1, 0.15) is 66.3 Å². The lowest BCUT2D eigenvalue weighted by molar-refractivity contribution is 0.00464. The number of aryl methyl sites for hydroxylation is 2. The summed E-state index contributed by atoms with van der Waals surface area (Å²) < 4.78 is 23.2. The molecule has 0 radical (unpaired) electrons. The molecule has 4 aromatic rings. The van der Waals surface area contributed by atoms with Crippen LogP contribution in [-0.2, 0) is 4.74 Å². The number of hydrogen-bond acceptors (Lipinski definition) is 4. The van der Waals surface area contributed by atoms with Crippen LogP contribution in [0.25, 0.3) is 22.2 Å². The number of pyridine rings is 2. The topological polar surface area (TPSA) is 52.8 Å². The van der Waals surface area contributed by atoms with Gasteiger partial charge in [0.25, 0.3) is 0 Å². The van der Waals surface area contributed by atoms with Gasteiger partial charge >= 0.3 is 0 Å². The van der Waals surface area contributed by atoms with E-state index in [1.165, 1.54) is 18.9 Å². The maximum atomic E-state index is 15.0. The molecule has 1 aliphatic heterocycles. The normalized spacial score (nSPS) is 20.7. The van der Waals surface area contributed by atoms with E-state index in [1.54, 1.807) is 12.1 Å². The van der Waals surface area contributed by atoms with Gasteiger partial charge in [-0.25, -0.2) is 14.4 Å². The first-order valence-corrected chi connectivity index (χ1v) is 12.2. The maximum Gasteiger partial charge on any atom is 0.160 e. The standard InChI is InChI=1S/C27H26ClFN4O/c1-15-9-23-22(21-6-3-19(28)11-24(21)29)12-25(32-27(23)31-16(15)2)17-7-8-34-26(10-17)18-13-30-33(14-18)20-4-5-20/h3,6,9,11-14,17,20,26H,4-5,7-8,10H2,1-2H3/t17-,26-/m1/s1. The van der Waals surface area contributed by atoms with Gasteiger partial charge in [0.1, 0.15) is 5.82 Å². The first-order valence-electron chi connectivity index (χ1n) is 11.9. The Morgan fingerprint density at radius 3 is 2.71 bits per heavy atom. The number of halogens is 2. The molecular formula is C27H26ClFN4O. The van der Waals surface area contributed by atoms with Crippen LogP contribution in [0.2, 0.25) is 5.02 Å². The highest BCUT2D eigenvalue weighted by Gasteiger charge is 2.30. The number of benzene rings is 1. The molecule has 1 saturated carbocycles. The van der Waals surface area contributed by atoms with Crippen molar-refractivity contribution in [1.29, 1.82) is 0 Å². The van der Waals surface area contributed by atoms with E-state index in [0.717, 1.165) is 46.3 Å². The van der Waals surface area contributed by atoms with Crippen molar-refractivity contribution in [2.24, 2.45) is 0 Å². The van der Waals surface area contributed by atoms with Crippen molar-refractivity contribution in [2.75, 3.05) is 6.61 Å². The number of nitrogens with zero attached hydrogens (tertiary/aromatic N) is 4.